The largest absolute Gasteiger partial charge is 0.459 e. The second-order valence-corrected chi connectivity index (χ2v) is 6.49. The minimum absolute atomic E-state index is 0.235. The van der Waals surface area contributed by atoms with Crippen LogP contribution >= 0.6 is 12.2 Å². The number of thiocarbonyl (C=S) groups is 1. The summed E-state index contributed by atoms with van der Waals surface area (Å²) in [6.45, 7) is 8.03. The molecule has 0 aliphatic rings. The molecular weight excluding hydrogens is 356 g/mol. The lowest BCUT2D eigenvalue weighted by Gasteiger charge is -2.14. The van der Waals surface area contributed by atoms with Gasteiger partial charge in [0.05, 0.1) is 29.9 Å². The summed E-state index contributed by atoms with van der Waals surface area (Å²) in [7, 11) is 1.59. The molecule has 8 heteroatoms. The van der Waals surface area contributed by atoms with Gasteiger partial charge in [-0.2, -0.15) is 0 Å². The first-order chi connectivity index (χ1) is 12.2. The van der Waals surface area contributed by atoms with Gasteiger partial charge in [-0.15, -0.1) is 0 Å². The van der Waals surface area contributed by atoms with Crippen LogP contribution in [0.3, 0.4) is 0 Å². The summed E-state index contributed by atoms with van der Waals surface area (Å²) < 4.78 is 15.4. The Balaban J connectivity index is 3.05. The van der Waals surface area contributed by atoms with E-state index in [2.05, 4.69) is 10.6 Å². The summed E-state index contributed by atoms with van der Waals surface area (Å²) in [5, 5.41) is 6.25. The molecule has 26 heavy (non-hydrogen) atoms. The van der Waals surface area contributed by atoms with Gasteiger partial charge in [0.1, 0.15) is 0 Å². The van der Waals surface area contributed by atoms with E-state index >= 15 is 0 Å². The zero-order chi connectivity index (χ0) is 19.7. The lowest BCUT2D eigenvalue weighted by atomic mass is 10.1. The summed E-state index contributed by atoms with van der Waals surface area (Å²) in [6.07, 6.45) is -0.552. The third-order valence-corrected chi connectivity index (χ3v) is 3.19. The van der Waals surface area contributed by atoms with Crippen LogP contribution in [-0.2, 0) is 14.2 Å². The second kappa shape index (κ2) is 10.7. The van der Waals surface area contributed by atoms with Crippen molar-refractivity contribution in [3.05, 3.63) is 29.3 Å². The van der Waals surface area contributed by atoms with Gasteiger partial charge < -0.3 is 24.8 Å². The number of hydrogen-bond acceptors (Lipinski definition) is 6. The van der Waals surface area contributed by atoms with Crippen molar-refractivity contribution in [3.8, 4) is 0 Å². The molecule has 0 unspecified atom stereocenters. The quantitative estimate of drug-likeness (QED) is 0.403. The third kappa shape index (κ3) is 7.79. The molecule has 7 nitrogen and oxygen atoms in total. The lowest BCUT2D eigenvalue weighted by Crippen LogP contribution is -2.31. The maximum Gasteiger partial charge on any atom is 0.338 e. The van der Waals surface area contributed by atoms with Crippen molar-refractivity contribution in [1.82, 2.24) is 5.32 Å². The van der Waals surface area contributed by atoms with E-state index < -0.39 is 11.9 Å². The first-order valence-electron chi connectivity index (χ1n) is 8.33. The minimum Gasteiger partial charge on any atom is -0.459 e. The topological polar surface area (TPSA) is 85.9 Å². The standard InChI is InChI=1S/C18H26N2O5S/c1-11(2)24-16(21)13-8-14(17(22)25-12(3)4)10-15(9-13)20-18(26)19-6-7-23-5/h8-12H,6-7H2,1-5H3,(H2,19,20,26). The van der Waals surface area contributed by atoms with Crippen molar-refractivity contribution in [3.63, 3.8) is 0 Å². The zero-order valence-electron chi connectivity index (χ0n) is 15.8. The molecule has 1 rings (SSSR count). The Morgan fingerprint density at radius 1 is 1.00 bits per heavy atom. The van der Waals surface area contributed by atoms with Crippen molar-refractivity contribution in [1.29, 1.82) is 0 Å². The second-order valence-electron chi connectivity index (χ2n) is 6.08. The fourth-order valence-corrected chi connectivity index (χ4v) is 2.16. The summed E-state index contributed by atoms with van der Waals surface area (Å²) >= 11 is 5.20. The normalized spacial score (nSPS) is 10.6. The number of esters is 2. The van der Waals surface area contributed by atoms with Gasteiger partial charge in [-0.25, -0.2) is 9.59 Å². The number of nitrogens with one attached hydrogen (secondary N) is 2. The first kappa shape index (κ1) is 21.9. The zero-order valence-corrected chi connectivity index (χ0v) is 16.6. The lowest BCUT2D eigenvalue weighted by molar-refractivity contribution is 0.0377. The summed E-state index contributed by atoms with van der Waals surface area (Å²) in [5.41, 5.74) is 0.951. The number of carbonyl (C=O) groups is 2. The predicted octanol–water partition coefficient (Wildman–Crippen LogP) is 2.75. The van der Waals surface area contributed by atoms with Gasteiger partial charge in [-0.05, 0) is 58.1 Å². The number of rotatable bonds is 8. The maximum atomic E-state index is 12.2. The third-order valence-electron chi connectivity index (χ3n) is 2.94. The number of hydrogen-bond donors (Lipinski definition) is 2. The van der Waals surface area contributed by atoms with E-state index in [9.17, 15) is 9.59 Å². The van der Waals surface area contributed by atoms with Gasteiger partial charge >= 0.3 is 11.9 Å². The molecule has 0 bridgehead atoms. The average Bonchev–Trinajstić information content (AvgIpc) is 2.53. The molecule has 0 aliphatic carbocycles. The molecule has 0 aliphatic heterocycles. The minimum atomic E-state index is -0.527. The molecule has 0 heterocycles. The van der Waals surface area contributed by atoms with Crippen molar-refractivity contribution in [2.45, 2.75) is 39.9 Å². The molecule has 0 amide bonds. The van der Waals surface area contributed by atoms with Crippen molar-refractivity contribution < 1.29 is 23.8 Å². The highest BCUT2D eigenvalue weighted by Crippen LogP contribution is 2.18. The number of carbonyl (C=O) groups excluding carboxylic acids is 2. The molecular formula is C18H26N2O5S. The summed E-state index contributed by atoms with van der Waals surface area (Å²) in [5.74, 6) is -1.05. The van der Waals surface area contributed by atoms with E-state index in [4.69, 9.17) is 26.4 Å². The SMILES string of the molecule is COCCNC(=S)Nc1cc(C(=O)OC(C)C)cc(C(=O)OC(C)C)c1. The van der Waals surface area contributed by atoms with Crippen LogP contribution in [0.25, 0.3) is 0 Å². The van der Waals surface area contributed by atoms with Gasteiger partial charge in [0.2, 0.25) is 0 Å². The van der Waals surface area contributed by atoms with Gasteiger partial charge in [-0.1, -0.05) is 0 Å². The molecule has 0 saturated carbocycles. The van der Waals surface area contributed by atoms with Crippen molar-refractivity contribution >= 4 is 35.0 Å². The molecule has 0 fully saturated rings. The Labute approximate surface area is 159 Å². The molecule has 0 aromatic heterocycles. The Morgan fingerprint density at radius 2 is 1.50 bits per heavy atom. The highest BCUT2D eigenvalue weighted by Gasteiger charge is 2.17. The number of methoxy groups -OCH3 is 1. The fourth-order valence-electron chi connectivity index (χ4n) is 1.94. The van der Waals surface area contributed by atoms with E-state index in [0.29, 0.717) is 24.0 Å². The molecule has 0 radical (unpaired) electrons. The van der Waals surface area contributed by atoms with Crippen molar-refractivity contribution in [2.24, 2.45) is 0 Å². The smallest absolute Gasteiger partial charge is 0.338 e. The van der Waals surface area contributed by atoms with Crippen LogP contribution in [0, 0.1) is 0 Å². The van der Waals surface area contributed by atoms with Crippen molar-refractivity contribution in [2.75, 3.05) is 25.6 Å². The van der Waals surface area contributed by atoms with Crippen LogP contribution in [0.1, 0.15) is 48.4 Å². The Bertz CT molecular complexity index is 606. The molecule has 0 spiro atoms. The van der Waals surface area contributed by atoms with Crippen LogP contribution in [0.4, 0.5) is 5.69 Å². The number of benzene rings is 1. The van der Waals surface area contributed by atoms with E-state index in [0.717, 1.165) is 0 Å². The van der Waals surface area contributed by atoms with Crippen LogP contribution in [0.15, 0.2) is 18.2 Å². The molecule has 1 aromatic carbocycles. The molecule has 0 atom stereocenters. The Kier molecular flexibility index (Phi) is 9.01. The fraction of sp³-hybridized carbons (Fsp3) is 0.500. The van der Waals surface area contributed by atoms with Gasteiger partial charge in [-0.3, -0.25) is 0 Å². The van der Waals surface area contributed by atoms with Crippen LogP contribution < -0.4 is 10.6 Å². The van der Waals surface area contributed by atoms with Crippen LogP contribution in [-0.4, -0.2) is 49.5 Å². The van der Waals surface area contributed by atoms with Crippen LogP contribution in [0.2, 0.25) is 0 Å². The molecule has 1 aromatic rings. The Hall–Kier alpha value is -2.19. The predicted molar refractivity (Wildman–Crippen MR) is 104 cm³/mol. The molecule has 144 valence electrons. The van der Waals surface area contributed by atoms with Gasteiger partial charge in [0, 0.05) is 19.3 Å². The summed E-state index contributed by atoms with van der Waals surface area (Å²) in [6, 6.07) is 4.59. The highest BCUT2D eigenvalue weighted by molar-refractivity contribution is 7.80. The van der Waals surface area contributed by atoms with E-state index in [-0.39, 0.29) is 23.3 Å². The van der Waals surface area contributed by atoms with E-state index in [1.54, 1.807) is 46.9 Å². The number of ether oxygens (including phenoxy) is 3. The average molecular weight is 382 g/mol. The van der Waals surface area contributed by atoms with Gasteiger partial charge in [0.15, 0.2) is 5.11 Å². The maximum absolute atomic E-state index is 12.2. The first-order valence-corrected chi connectivity index (χ1v) is 8.74. The molecule has 0 saturated heterocycles. The summed E-state index contributed by atoms with van der Waals surface area (Å²) in [4.78, 5) is 24.5. The van der Waals surface area contributed by atoms with Crippen LogP contribution in [0.5, 0.6) is 0 Å². The number of anilines is 1. The monoisotopic (exact) mass is 382 g/mol. The highest BCUT2D eigenvalue weighted by atomic mass is 32.1. The van der Waals surface area contributed by atoms with E-state index in [1.807, 2.05) is 0 Å². The van der Waals surface area contributed by atoms with Gasteiger partial charge in [0.25, 0.3) is 0 Å². The Morgan fingerprint density at radius 3 is 1.92 bits per heavy atom. The van der Waals surface area contributed by atoms with E-state index in [1.165, 1.54) is 6.07 Å². The molecule has 2 N–H and O–H groups in total.